The zero-order valence-corrected chi connectivity index (χ0v) is 15.1. The second-order valence-electron chi connectivity index (χ2n) is 7.24. The Bertz CT molecular complexity index is 910. The molecule has 3 heterocycles. The number of anilines is 2. The van der Waals surface area contributed by atoms with Gasteiger partial charge < -0.3 is 14.4 Å². The molecule has 2 aromatic carbocycles. The van der Waals surface area contributed by atoms with E-state index >= 15 is 0 Å². The van der Waals surface area contributed by atoms with Gasteiger partial charge in [-0.05, 0) is 24.1 Å². The molecule has 0 N–H and O–H groups in total. The Balaban J connectivity index is 1.58. The molecule has 2 aromatic rings. The Morgan fingerprint density at radius 2 is 2.00 bits per heavy atom. The molecule has 5 nitrogen and oxygen atoms in total. The maximum atomic E-state index is 13.3. The van der Waals surface area contributed by atoms with E-state index in [2.05, 4.69) is 17.9 Å². The van der Waals surface area contributed by atoms with E-state index in [1.54, 1.807) is 7.11 Å². The minimum atomic E-state index is -0.219. The zero-order valence-electron chi connectivity index (χ0n) is 15.1. The predicted molar refractivity (Wildman–Crippen MR) is 100 cm³/mol. The van der Waals surface area contributed by atoms with Crippen molar-refractivity contribution in [2.75, 3.05) is 30.1 Å². The normalized spacial score (nSPS) is 21.7. The number of benzene rings is 2. The van der Waals surface area contributed by atoms with Gasteiger partial charge in [-0.15, -0.1) is 0 Å². The van der Waals surface area contributed by atoms with Gasteiger partial charge >= 0.3 is 0 Å². The van der Waals surface area contributed by atoms with Gasteiger partial charge in [0.15, 0.2) is 11.5 Å². The highest BCUT2D eigenvalue weighted by atomic mass is 16.5. The molecule has 5 heteroatoms. The maximum Gasteiger partial charge on any atom is 0.262 e. The maximum absolute atomic E-state index is 13.3. The van der Waals surface area contributed by atoms with Crippen molar-refractivity contribution in [3.63, 3.8) is 0 Å². The number of rotatable bonds is 5. The molecule has 0 radical (unpaired) electrons. The van der Waals surface area contributed by atoms with Gasteiger partial charge in [0.25, 0.3) is 5.91 Å². The number of ether oxygens (including phenoxy) is 2. The highest BCUT2D eigenvalue weighted by molar-refractivity contribution is 6.16. The number of amides is 1. The van der Waals surface area contributed by atoms with Gasteiger partial charge in [-0.1, -0.05) is 31.5 Å². The minimum Gasteiger partial charge on any atom is -0.493 e. The van der Waals surface area contributed by atoms with E-state index in [-0.39, 0.29) is 11.6 Å². The van der Waals surface area contributed by atoms with Crippen molar-refractivity contribution in [1.29, 1.82) is 0 Å². The largest absolute Gasteiger partial charge is 0.493 e. The van der Waals surface area contributed by atoms with Crippen molar-refractivity contribution < 1.29 is 14.3 Å². The molecule has 3 aliphatic rings. The molecule has 1 atom stereocenters. The fraction of sp³-hybridized carbons (Fsp3) is 0.381. The lowest BCUT2D eigenvalue weighted by Crippen LogP contribution is -2.47. The summed E-state index contributed by atoms with van der Waals surface area (Å²) in [4.78, 5) is 17.6. The van der Waals surface area contributed by atoms with E-state index in [1.807, 2.05) is 35.2 Å². The van der Waals surface area contributed by atoms with Gasteiger partial charge in [0, 0.05) is 18.2 Å². The summed E-state index contributed by atoms with van der Waals surface area (Å²) in [6, 6.07) is 12.0. The molecule has 3 aliphatic heterocycles. The third-order valence-corrected chi connectivity index (χ3v) is 5.69. The molecule has 0 aromatic heterocycles. The average molecular weight is 350 g/mol. The van der Waals surface area contributed by atoms with E-state index in [0.717, 1.165) is 42.9 Å². The Kier molecular flexibility index (Phi) is 3.23. The van der Waals surface area contributed by atoms with Crippen molar-refractivity contribution in [3.8, 4) is 11.5 Å². The molecule has 1 spiro atoms. The van der Waals surface area contributed by atoms with Gasteiger partial charge in [-0.3, -0.25) is 9.69 Å². The number of fused-ring (bicyclic) bond motifs is 4. The predicted octanol–water partition coefficient (Wildman–Crippen LogP) is 3.61. The molecule has 0 unspecified atom stereocenters. The first-order valence-electron chi connectivity index (χ1n) is 9.24. The summed E-state index contributed by atoms with van der Waals surface area (Å²) < 4.78 is 11.4. The van der Waals surface area contributed by atoms with Crippen LogP contribution in [0.5, 0.6) is 11.5 Å². The van der Waals surface area contributed by atoms with Crippen molar-refractivity contribution in [3.05, 3.63) is 47.5 Å². The summed E-state index contributed by atoms with van der Waals surface area (Å²) in [5, 5.41) is 0. The molecule has 0 saturated carbocycles. The third kappa shape index (κ3) is 1.94. The Morgan fingerprint density at radius 1 is 1.15 bits per heavy atom. The minimum absolute atomic E-state index is 0.0529. The van der Waals surface area contributed by atoms with Crippen LogP contribution in [0.3, 0.4) is 0 Å². The van der Waals surface area contributed by atoms with E-state index in [9.17, 15) is 4.79 Å². The molecule has 1 amide bonds. The van der Waals surface area contributed by atoms with Gasteiger partial charge in [-0.2, -0.15) is 0 Å². The molecule has 1 saturated heterocycles. The number of methoxy groups -OCH3 is 1. The smallest absolute Gasteiger partial charge is 0.262 e. The number of carbonyl (C=O) groups excluding carboxylic acids is 1. The van der Waals surface area contributed by atoms with Crippen molar-refractivity contribution in [2.24, 2.45) is 0 Å². The Hall–Kier alpha value is -2.69. The fourth-order valence-electron chi connectivity index (χ4n) is 4.32. The summed E-state index contributed by atoms with van der Waals surface area (Å²) in [7, 11) is 1.62. The highest BCUT2D eigenvalue weighted by Gasteiger charge is 2.65. The molecule has 26 heavy (non-hydrogen) atoms. The first-order chi connectivity index (χ1) is 12.7. The van der Waals surface area contributed by atoms with Crippen LogP contribution in [0.25, 0.3) is 0 Å². The Labute approximate surface area is 153 Å². The summed E-state index contributed by atoms with van der Waals surface area (Å²) in [5.74, 6) is 1.39. The van der Waals surface area contributed by atoms with Crippen molar-refractivity contribution in [1.82, 2.24) is 0 Å². The van der Waals surface area contributed by atoms with Gasteiger partial charge in [0.05, 0.1) is 31.5 Å². The molecule has 134 valence electrons. The number of para-hydroxylation sites is 1. The highest BCUT2D eigenvalue weighted by Crippen LogP contribution is 2.57. The van der Waals surface area contributed by atoms with Crippen LogP contribution in [0, 0.1) is 0 Å². The van der Waals surface area contributed by atoms with Crippen LogP contribution in [0.15, 0.2) is 36.4 Å². The van der Waals surface area contributed by atoms with E-state index in [1.165, 1.54) is 5.56 Å². The second kappa shape index (κ2) is 5.40. The first-order valence-corrected chi connectivity index (χ1v) is 9.24. The van der Waals surface area contributed by atoms with Crippen molar-refractivity contribution >= 4 is 17.3 Å². The van der Waals surface area contributed by atoms with E-state index < -0.39 is 0 Å². The lowest BCUT2D eigenvalue weighted by molar-refractivity contribution is 0.0973. The number of unbranched alkanes of at least 4 members (excludes halogenated alkanes) is 1. The number of carbonyl (C=O) groups is 1. The van der Waals surface area contributed by atoms with Gasteiger partial charge in [0.1, 0.15) is 5.66 Å². The number of hydrogen-bond donors (Lipinski definition) is 0. The Morgan fingerprint density at radius 3 is 2.81 bits per heavy atom. The summed E-state index contributed by atoms with van der Waals surface area (Å²) >= 11 is 0. The second-order valence-corrected chi connectivity index (χ2v) is 7.24. The molecule has 5 rings (SSSR count). The third-order valence-electron chi connectivity index (χ3n) is 5.69. The SMILES string of the molecule is CCCCOc1cc2c(cc1OC)C(=O)N1c3ccccc3C[C@@]13CN23. The van der Waals surface area contributed by atoms with Crippen LogP contribution in [-0.4, -0.2) is 31.8 Å². The molecule has 0 bridgehead atoms. The number of nitrogens with zero attached hydrogens (tertiary/aromatic N) is 2. The monoisotopic (exact) mass is 350 g/mol. The first kappa shape index (κ1) is 15.6. The average Bonchev–Trinajstić information content (AvgIpc) is 3.27. The molecular formula is C21H22N2O3. The summed E-state index contributed by atoms with van der Waals surface area (Å²) in [5.41, 5.74) is 3.71. The quantitative estimate of drug-likeness (QED) is 0.610. The van der Waals surface area contributed by atoms with Gasteiger partial charge in [-0.25, -0.2) is 0 Å². The van der Waals surface area contributed by atoms with E-state index in [0.29, 0.717) is 17.9 Å². The van der Waals surface area contributed by atoms with Crippen LogP contribution in [0.2, 0.25) is 0 Å². The van der Waals surface area contributed by atoms with Gasteiger partial charge in [0.2, 0.25) is 0 Å². The fourth-order valence-corrected chi connectivity index (χ4v) is 4.32. The topological polar surface area (TPSA) is 41.8 Å². The lowest BCUT2D eigenvalue weighted by atomic mass is 10.1. The summed E-state index contributed by atoms with van der Waals surface area (Å²) in [6.07, 6.45) is 2.95. The molecule has 0 aliphatic carbocycles. The van der Waals surface area contributed by atoms with E-state index in [4.69, 9.17) is 9.47 Å². The lowest BCUT2D eigenvalue weighted by Gasteiger charge is -2.32. The van der Waals surface area contributed by atoms with Crippen LogP contribution in [-0.2, 0) is 6.42 Å². The molecular weight excluding hydrogens is 328 g/mol. The van der Waals surface area contributed by atoms with Crippen LogP contribution in [0.4, 0.5) is 11.4 Å². The molecule has 1 fully saturated rings. The van der Waals surface area contributed by atoms with Crippen LogP contribution in [0.1, 0.15) is 35.7 Å². The van der Waals surface area contributed by atoms with Crippen LogP contribution < -0.4 is 19.3 Å². The number of hydrogen-bond acceptors (Lipinski definition) is 4. The zero-order chi connectivity index (χ0) is 17.9. The van der Waals surface area contributed by atoms with Crippen molar-refractivity contribution in [2.45, 2.75) is 31.8 Å². The summed E-state index contributed by atoms with van der Waals surface area (Å²) in [6.45, 7) is 3.65. The van der Waals surface area contributed by atoms with Crippen LogP contribution >= 0.6 is 0 Å². The standard InChI is InChI=1S/C21H22N2O3/c1-3-4-9-26-19-11-17-15(10-18(19)25-2)20(24)23-16-8-6-5-7-14(16)12-21(23)13-22(17)21/h5-8,10-11H,3-4,9,12-13H2,1-2H3/t21-,22?/m0/s1.